The third-order valence-corrected chi connectivity index (χ3v) is 2.93. The molecule has 4 nitrogen and oxygen atoms in total. The quantitative estimate of drug-likeness (QED) is 0.607. The summed E-state index contributed by atoms with van der Waals surface area (Å²) < 4.78 is 0. The summed E-state index contributed by atoms with van der Waals surface area (Å²) >= 11 is 0. The van der Waals surface area contributed by atoms with Gasteiger partial charge in [-0.15, -0.1) is 0 Å². The van der Waals surface area contributed by atoms with Crippen molar-refractivity contribution in [2.75, 3.05) is 18.5 Å². The van der Waals surface area contributed by atoms with Gasteiger partial charge in [0, 0.05) is 19.3 Å². The normalized spacial score (nSPS) is 14.4. The molecule has 0 spiro atoms. The molecule has 0 bridgehead atoms. The number of carbonyl (C=O) groups excluding carboxylic acids is 1. The summed E-state index contributed by atoms with van der Waals surface area (Å²) in [6.07, 6.45) is 2.52. The van der Waals surface area contributed by atoms with E-state index in [2.05, 4.69) is 4.90 Å². The number of hydrogen-bond acceptors (Lipinski definition) is 3. The molecule has 0 atom stereocenters. The minimum absolute atomic E-state index is 0.0173. The first-order valence-corrected chi connectivity index (χ1v) is 5.37. The number of anilines is 1. The van der Waals surface area contributed by atoms with Crippen molar-refractivity contribution < 1.29 is 4.79 Å². The summed E-state index contributed by atoms with van der Waals surface area (Å²) in [5.74, 6) is -0.690. The summed E-state index contributed by atoms with van der Waals surface area (Å²) in [4.78, 5) is 13.1. The molecule has 1 aromatic carbocycles. The van der Waals surface area contributed by atoms with Crippen LogP contribution in [0, 0.1) is 11.3 Å². The molecule has 1 heterocycles. The third kappa shape index (κ3) is 2.13. The van der Waals surface area contributed by atoms with Crippen LogP contribution in [0.3, 0.4) is 0 Å². The largest absolute Gasteiger partial charge is 0.374 e. The lowest BCUT2D eigenvalue weighted by molar-refractivity contribution is -0.114. The average Bonchev–Trinajstić information content (AvgIpc) is 2.67. The van der Waals surface area contributed by atoms with Gasteiger partial charge in [0.15, 0.2) is 0 Å². The maximum atomic E-state index is 10.9. The summed E-state index contributed by atoms with van der Waals surface area (Å²) in [5.41, 5.74) is 8.36. The highest BCUT2D eigenvalue weighted by Gasteiger charge is 2.15. The van der Waals surface area contributed by atoms with E-state index in [1.54, 1.807) is 6.07 Å². The van der Waals surface area contributed by atoms with Crippen LogP contribution in [0.15, 0.2) is 23.8 Å². The Hall–Kier alpha value is -2.28. The van der Waals surface area contributed by atoms with Crippen molar-refractivity contribution in [3.05, 3.63) is 34.9 Å². The Bertz CT molecular complexity index is 540. The lowest BCUT2D eigenvalue weighted by Gasteiger charge is -2.11. The second-order valence-electron chi connectivity index (χ2n) is 4.09. The molecule has 1 aliphatic heterocycles. The number of nitrogens with two attached hydrogens (primary N) is 1. The van der Waals surface area contributed by atoms with E-state index < -0.39 is 5.91 Å². The second kappa shape index (κ2) is 4.30. The van der Waals surface area contributed by atoms with Gasteiger partial charge < -0.3 is 10.6 Å². The van der Waals surface area contributed by atoms with Gasteiger partial charge in [0.05, 0.1) is 0 Å². The number of carbonyl (C=O) groups is 1. The molecule has 0 radical (unpaired) electrons. The minimum Gasteiger partial charge on any atom is -0.374 e. The van der Waals surface area contributed by atoms with Crippen LogP contribution in [0.5, 0.6) is 0 Å². The van der Waals surface area contributed by atoms with E-state index in [9.17, 15) is 4.79 Å². The number of hydrogen-bond donors (Lipinski definition) is 1. The van der Waals surface area contributed by atoms with E-state index in [1.165, 1.54) is 17.3 Å². The number of benzene rings is 1. The van der Waals surface area contributed by atoms with Gasteiger partial charge in [-0.1, -0.05) is 6.07 Å². The number of primary amides is 1. The highest BCUT2D eigenvalue weighted by Crippen LogP contribution is 2.27. The fourth-order valence-corrected chi connectivity index (χ4v) is 2.00. The molecule has 2 rings (SSSR count). The first-order valence-electron chi connectivity index (χ1n) is 5.37. The van der Waals surface area contributed by atoms with E-state index in [1.807, 2.05) is 25.2 Å². The Morgan fingerprint density at radius 3 is 3.00 bits per heavy atom. The standard InChI is InChI=1S/C13H13N3O/c1-16-5-4-10-6-9(2-3-12(10)16)7-11(8-14)13(15)17/h2-3,6-7H,4-5H2,1H3,(H2,15,17)/b11-7-. The molecular weight excluding hydrogens is 214 g/mol. The first-order chi connectivity index (χ1) is 8.11. The van der Waals surface area contributed by atoms with Crippen molar-refractivity contribution in [2.24, 2.45) is 5.73 Å². The van der Waals surface area contributed by atoms with Crippen LogP contribution in [-0.2, 0) is 11.2 Å². The molecule has 17 heavy (non-hydrogen) atoms. The zero-order valence-corrected chi connectivity index (χ0v) is 9.60. The molecule has 1 aliphatic rings. The highest BCUT2D eigenvalue weighted by atomic mass is 16.1. The van der Waals surface area contributed by atoms with E-state index in [0.717, 1.165) is 18.5 Å². The highest BCUT2D eigenvalue weighted by molar-refractivity contribution is 6.00. The number of likely N-dealkylation sites (N-methyl/N-ethyl adjacent to an activating group) is 1. The van der Waals surface area contributed by atoms with Gasteiger partial charge in [0.25, 0.3) is 5.91 Å². The van der Waals surface area contributed by atoms with Crippen LogP contribution in [-0.4, -0.2) is 19.5 Å². The summed E-state index contributed by atoms with van der Waals surface area (Å²) in [6.45, 7) is 1.00. The van der Waals surface area contributed by atoms with Crippen molar-refractivity contribution >= 4 is 17.7 Å². The fourth-order valence-electron chi connectivity index (χ4n) is 2.00. The number of nitriles is 1. The van der Waals surface area contributed by atoms with Crippen molar-refractivity contribution in [1.29, 1.82) is 5.26 Å². The average molecular weight is 227 g/mol. The van der Waals surface area contributed by atoms with Gasteiger partial charge in [-0.3, -0.25) is 4.79 Å². The number of amides is 1. The van der Waals surface area contributed by atoms with Crippen LogP contribution in [0.2, 0.25) is 0 Å². The maximum absolute atomic E-state index is 10.9. The van der Waals surface area contributed by atoms with E-state index in [0.29, 0.717) is 0 Å². The minimum atomic E-state index is -0.690. The predicted octanol–water partition coefficient (Wildman–Crippen LogP) is 1.07. The molecule has 0 unspecified atom stereocenters. The molecule has 4 heteroatoms. The number of fused-ring (bicyclic) bond motifs is 1. The van der Waals surface area contributed by atoms with Crippen LogP contribution < -0.4 is 10.6 Å². The zero-order chi connectivity index (χ0) is 12.4. The maximum Gasteiger partial charge on any atom is 0.259 e. The van der Waals surface area contributed by atoms with Crippen LogP contribution in [0.1, 0.15) is 11.1 Å². The van der Waals surface area contributed by atoms with E-state index in [-0.39, 0.29) is 5.57 Å². The summed E-state index contributed by atoms with van der Waals surface area (Å²) in [7, 11) is 2.05. The Kier molecular flexibility index (Phi) is 2.84. The molecule has 86 valence electrons. The third-order valence-electron chi connectivity index (χ3n) is 2.93. The van der Waals surface area contributed by atoms with Gasteiger partial charge in [0.1, 0.15) is 11.6 Å². The molecule has 0 saturated carbocycles. The fraction of sp³-hybridized carbons (Fsp3) is 0.231. The molecule has 0 aromatic heterocycles. The van der Waals surface area contributed by atoms with E-state index in [4.69, 9.17) is 11.0 Å². The number of nitrogens with zero attached hydrogens (tertiary/aromatic N) is 2. The molecule has 0 fully saturated rings. The van der Waals surface area contributed by atoms with Crippen LogP contribution in [0.25, 0.3) is 6.08 Å². The monoisotopic (exact) mass is 227 g/mol. The molecular formula is C13H13N3O. The van der Waals surface area contributed by atoms with Gasteiger partial charge in [-0.25, -0.2) is 0 Å². The molecule has 0 aliphatic carbocycles. The van der Waals surface area contributed by atoms with Gasteiger partial charge in [-0.05, 0) is 35.8 Å². The second-order valence-corrected chi connectivity index (χ2v) is 4.09. The molecule has 1 amide bonds. The summed E-state index contributed by atoms with van der Waals surface area (Å²) in [6, 6.07) is 7.70. The Morgan fingerprint density at radius 1 is 1.59 bits per heavy atom. The SMILES string of the molecule is CN1CCc2cc(/C=C(/C#N)C(N)=O)ccc21. The van der Waals surface area contributed by atoms with Crippen molar-refractivity contribution in [3.63, 3.8) is 0 Å². The van der Waals surface area contributed by atoms with Gasteiger partial charge in [-0.2, -0.15) is 5.26 Å². The lowest BCUT2D eigenvalue weighted by atomic mass is 10.1. The Labute approximate surface area is 99.9 Å². The van der Waals surface area contributed by atoms with Crippen molar-refractivity contribution in [3.8, 4) is 6.07 Å². The summed E-state index contributed by atoms with van der Waals surface area (Å²) in [5, 5.41) is 8.77. The molecule has 1 aromatic rings. The first kappa shape index (κ1) is 11.2. The molecule has 2 N–H and O–H groups in total. The molecule has 0 saturated heterocycles. The number of rotatable bonds is 2. The Balaban J connectivity index is 2.37. The van der Waals surface area contributed by atoms with Crippen molar-refractivity contribution in [2.45, 2.75) is 6.42 Å². The van der Waals surface area contributed by atoms with Gasteiger partial charge in [0.2, 0.25) is 0 Å². The predicted molar refractivity (Wildman–Crippen MR) is 66.2 cm³/mol. The van der Waals surface area contributed by atoms with E-state index >= 15 is 0 Å². The lowest BCUT2D eigenvalue weighted by Crippen LogP contribution is -2.12. The van der Waals surface area contributed by atoms with Crippen LogP contribution in [0.4, 0.5) is 5.69 Å². The van der Waals surface area contributed by atoms with Crippen LogP contribution >= 0.6 is 0 Å². The van der Waals surface area contributed by atoms with Crippen molar-refractivity contribution in [1.82, 2.24) is 0 Å². The zero-order valence-electron chi connectivity index (χ0n) is 9.60. The van der Waals surface area contributed by atoms with Gasteiger partial charge >= 0.3 is 0 Å². The Morgan fingerprint density at radius 2 is 2.35 bits per heavy atom. The topological polar surface area (TPSA) is 70.1 Å². The smallest absolute Gasteiger partial charge is 0.259 e.